The molecule has 0 bridgehead atoms. The molecule has 0 N–H and O–H groups in total. The molecule has 0 unspecified atom stereocenters. The van der Waals surface area contributed by atoms with Crippen LogP contribution < -0.4 is 0 Å². The third kappa shape index (κ3) is 2.16. The molecule has 1 aromatic carbocycles. The summed E-state index contributed by atoms with van der Waals surface area (Å²) in [6.07, 6.45) is 4.08. The van der Waals surface area contributed by atoms with E-state index in [1.165, 1.54) is 21.8 Å². The smallest absolute Gasteiger partial charge is 0.367 e. The van der Waals surface area contributed by atoms with Gasteiger partial charge < -0.3 is 4.74 Å². The summed E-state index contributed by atoms with van der Waals surface area (Å²) < 4.78 is 4.99. The molecular formula is C15H15NO2S. The number of hydrogen-bond acceptors (Lipinski definition) is 4. The van der Waals surface area contributed by atoms with E-state index in [2.05, 4.69) is 29.2 Å². The van der Waals surface area contributed by atoms with Gasteiger partial charge in [0.15, 0.2) is 0 Å². The van der Waals surface area contributed by atoms with E-state index in [0.29, 0.717) is 11.6 Å². The van der Waals surface area contributed by atoms with Crippen LogP contribution in [0, 0.1) is 0 Å². The summed E-state index contributed by atoms with van der Waals surface area (Å²) in [5.74, 6) is -0.317. The summed E-state index contributed by atoms with van der Waals surface area (Å²) in [5.41, 5.74) is 1.40. The summed E-state index contributed by atoms with van der Waals surface area (Å²) in [6.45, 7) is 2.19. The average molecular weight is 273 g/mol. The third-order valence-corrected chi connectivity index (χ3v) is 4.69. The lowest BCUT2D eigenvalue weighted by Gasteiger charge is -2.12. The quantitative estimate of drug-likeness (QED) is 0.801. The first-order valence-electron chi connectivity index (χ1n) is 6.45. The lowest BCUT2D eigenvalue weighted by atomic mass is 9.95. The monoisotopic (exact) mass is 273 g/mol. The highest BCUT2D eigenvalue weighted by Gasteiger charge is 2.47. The first kappa shape index (κ1) is 12.4. The number of esters is 1. The number of carbonyl (C=O) groups excluding carboxylic acids is 1. The maximum Gasteiger partial charge on any atom is 0.367 e. The van der Waals surface area contributed by atoms with Crippen molar-refractivity contribution in [3.05, 3.63) is 52.0 Å². The van der Waals surface area contributed by atoms with Gasteiger partial charge in [-0.1, -0.05) is 30.3 Å². The van der Waals surface area contributed by atoms with Crippen LogP contribution in [0.4, 0.5) is 0 Å². The maximum atomic E-state index is 11.7. The Morgan fingerprint density at radius 1 is 1.37 bits per heavy atom. The van der Waals surface area contributed by atoms with Crippen LogP contribution in [-0.2, 0) is 10.2 Å². The van der Waals surface area contributed by atoms with Gasteiger partial charge in [-0.2, -0.15) is 0 Å². The van der Waals surface area contributed by atoms with E-state index < -0.39 is 0 Å². The van der Waals surface area contributed by atoms with Crippen molar-refractivity contribution >= 4 is 17.3 Å². The molecule has 1 fully saturated rings. The Hall–Kier alpha value is -1.68. The first-order valence-corrected chi connectivity index (χ1v) is 7.27. The van der Waals surface area contributed by atoms with Gasteiger partial charge in [0.1, 0.15) is 0 Å². The van der Waals surface area contributed by atoms with Crippen LogP contribution in [0.2, 0.25) is 0 Å². The lowest BCUT2D eigenvalue weighted by Crippen LogP contribution is -2.06. The van der Waals surface area contributed by atoms with Gasteiger partial charge in [0.2, 0.25) is 5.01 Å². The van der Waals surface area contributed by atoms with Crippen molar-refractivity contribution in [3.63, 3.8) is 0 Å². The van der Waals surface area contributed by atoms with Crippen molar-refractivity contribution < 1.29 is 9.53 Å². The summed E-state index contributed by atoms with van der Waals surface area (Å²) in [6, 6.07) is 10.4. The molecule has 1 heterocycles. The van der Waals surface area contributed by atoms with Crippen LogP contribution in [0.5, 0.6) is 0 Å². The molecule has 0 aliphatic heterocycles. The number of hydrogen-bond donors (Lipinski definition) is 0. The van der Waals surface area contributed by atoms with E-state index in [0.717, 1.165) is 12.8 Å². The zero-order valence-electron chi connectivity index (χ0n) is 10.8. The van der Waals surface area contributed by atoms with E-state index in [1.54, 1.807) is 6.92 Å². The number of thiazole rings is 1. The van der Waals surface area contributed by atoms with Crippen LogP contribution in [-0.4, -0.2) is 17.6 Å². The molecule has 0 amide bonds. The normalized spacial score (nSPS) is 16.1. The van der Waals surface area contributed by atoms with Crippen molar-refractivity contribution in [2.45, 2.75) is 25.2 Å². The zero-order valence-corrected chi connectivity index (χ0v) is 11.6. The zero-order chi connectivity index (χ0) is 13.3. The van der Waals surface area contributed by atoms with Gasteiger partial charge in [-0.05, 0) is 25.3 Å². The molecule has 0 saturated heterocycles. The maximum absolute atomic E-state index is 11.7. The predicted octanol–water partition coefficient (Wildman–Crippen LogP) is 3.40. The number of carbonyl (C=O) groups is 1. The lowest BCUT2D eigenvalue weighted by molar-refractivity contribution is 0.0526. The van der Waals surface area contributed by atoms with Crippen molar-refractivity contribution in [1.29, 1.82) is 0 Å². The Bertz CT molecular complexity index is 587. The van der Waals surface area contributed by atoms with Crippen molar-refractivity contribution in [2.24, 2.45) is 0 Å². The highest BCUT2D eigenvalue weighted by atomic mass is 32.1. The molecule has 19 heavy (non-hydrogen) atoms. The van der Waals surface area contributed by atoms with E-state index in [4.69, 9.17) is 4.74 Å². The number of benzene rings is 1. The molecule has 1 saturated carbocycles. The molecule has 1 aliphatic carbocycles. The van der Waals surface area contributed by atoms with Gasteiger partial charge in [0.25, 0.3) is 0 Å². The van der Waals surface area contributed by atoms with Crippen LogP contribution in [0.15, 0.2) is 36.5 Å². The summed E-state index contributed by atoms with van der Waals surface area (Å²) in [7, 11) is 0. The third-order valence-electron chi connectivity index (χ3n) is 3.50. The van der Waals surface area contributed by atoms with Gasteiger partial charge in [-0.3, -0.25) is 0 Å². The molecule has 1 aliphatic rings. The fraction of sp³-hybridized carbons (Fsp3) is 0.333. The Labute approximate surface area is 116 Å². The second kappa shape index (κ2) is 4.78. The molecule has 0 spiro atoms. The van der Waals surface area contributed by atoms with E-state index >= 15 is 0 Å². The van der Waals surface area contributed by atoms with Crippen molar-refractivity contribution in [2.75, 3.05) is 6.61 Å². The summed E-state index contributed by atoms with van der Waals surface area (Å²) >= 11 is 1.46. The number of nitrogens with zero attached hydrogens (tertiary/aromatic N) is 1. The van der Waals surface area contributed by atoms with Gasteiger partial charge in [0, 0.05) is 16.5 Å². The average Bonchev–Trinajstić information content (AvgIpc) is 3.10. The topological polar surface area (TPSA) is 39.2 Å². The molecule has 4 heteroatoms. The predicted molar refractivity (Wildman–Crippen MR) is 74.5 cm³/mol. The van der Waals surface area contributed by atoms with E-state index in [1.807, 2.05) is 12.3 Å². The molecule has 3 nitrogen and oxygen atoms in total. The largest absolute Gasteiger partial charge is 0.461 e. The standard InChI is InChI=1S/C15H15NO2S/c1-2-18-14(17)13-16-10-12(19-13)15(8-9-15)11-6-4-3-5-7-11/h3-7,10H,2,8-9H2,1H3. The van der Waals surface area contributed by atoms with E-state index in [-0.39, 0.29) is 11.4 Å². The fourth-order valence-electron chi connectivity index (χ4n) is 2.34. The summed E-state index contributed by atoms with van der Waals surface area (Å²) in [4.78, 5) is 17.0. The molecule has 2 aromatic rings. The second-order valence-electron chi connectivity index (χ2n) is 4.70. The Morgan fingerprint density at radius 3 is 2.74 bits per heavy atom. The highest BCUT2D eigenvalue weighted by Crippen LogP contribution is 2.54. The van der Waals surface area contributed by atoms with Crippen molar-refractivity contribution in [1.82, 2.24) is 4.98 Å². The summed E-state index contributed by atoms with van der Waals surface area (Å²) in [5, 5.41) is 0.457. The van der Waals surface area contributed by atoms with Gasteiger partial charge in [-0.25, -0.2) is 9.78 Å². The van der Waals surface area contributed by atoms with E-state index in [9.17, 15) is 4.79 Å². The van der Waals surface area contributed by atoms with Crippen LogP contribution >= 0.6 is 11.3 Å². The molecule has 1 aromatic heterocycles. The Kier molecular flexibility index (Phi) is 3.11. The van der Waals surface area contributed by atoms with Gasteiger partial charge in [0.05, 0.1) is 6.61 Å². The highest BCUT2D eigenvalue weighted by molar-refractivity contribution is 7.13. The minimum atomic E-state index is -0.317. The van der Waals surface area contributed by atoms with Crippen LogP contribution in [0.25, 0.3) is 0 Å². The minimum absolute atomic E-state index is 0.0870. The van der Waals surface area contributed by atoms with Crippen LogP contribution in [0.1, 0.15) is 40.0 Å². The Balaban J connectivity index is 1.89. The Morgan fingerprint density at radius 2 is 2.11 bits per heavy atom. The van der Waals surface area contributed by atoms with Crippen molar-refractivity contribution in [3.8, 4) is 0 Å². The minimum Gasteiger partial charge on any atom is -0.461 e. The number of rotatable bonds is 4. The molecule has 98 valence electrons. The number of ether oxygens (including phenoxy) is 1. The fourth-order valence-corrected chi connectivity index (χ4v) is 3.42. The van der Waals surface area contributed by atoms with Gasteiger partial charge in [-0.15, -0.1) is 11.3 Å². The first-order chi connectivity index (χ1) is 9.26. The molecule has 3 rings (SSSR count). The number of aromatic nitrogens is 1. The van der Waals surface area contributed by atoms with Crippen LogP contribution in [0.3, 0.4) is 0 Å². The molecular weight excluding hydrogens is 258 g/mol. The molecule has 0 radical (unpaired) electrons. The van der Waals surface area contributed by atoms with Gasteiger partial charge >= 0.3 is 5.97 Å². The second-order valence-corrected chi connectivity index (χ2v) is 5.73. The molecule has 0 atom stereocenters. The SMILES string of the molecule is CCOC(=O)c1ncc(C2(c3ccccc3)CC2)s1.